The van der Waals surface area contributed by atoms with Gasteiger partial charge in [0.1, 0.15) is 5.75 Å². The average molecular weight is 215 g/mol. The Morgan fingerprint density at radius 1 is 1.43 bits per heavy atom. The summed E-state index contributed by atoms with van der Waals surface area (Å²) in [6.07, 6.45) is 0.455. The second-order valence-electron chi connectivity index (χ2n) is 2.74. The van der Waals surface area contributed by atoms with Crippen LogP contribution in [0.3, 0.4) is 0 Å². The number of benzene rings is 1. The standard InChI is InChI=1S/C10H14N2O.ClH/c1-2-13-9-6-4-3-5-8(9)7-10(11)12;/h3-6H,2,7H2,1H3,(H3,11,12);1H. The number of hydrogen-bond acceptors (Lipinski definition) is 2. The zero-order valence-electron chi connectivity index (χ0n) is 8.12. The van der Waals surface area contributed by atoms with Crippen LogP contribution in [0, 0.1) is 5.41 Å². The van der Waals surface area contributed by atoms with Crippen molar-refractivity contribution in [2.24, 2.45) is 5.73 Å². The lowest BCUT2D eigenvalue weighted by atomic mass is 10.1. The van der Waals surface area contributed by atoms with Crippen LogP contribution in [0.1, 0.15) is 12.5 Å². The molecule has 0 saturated carbocycles. The third-order valence-corrected chi connectivity index (χ3v) is 1.65. The summed E-state index contributed by atoms with van der Waals surface area (Å²) in [5.41, 5.74) is 6.29. The lowest BCUT2D eigenvalue weighted by molar-refractivity contribution is 0.337. The van der Waals surface area contributed by atoms with Gasteiger partial charge in [-0.25, -0.2) is 0 Å². The third-order valence-electron chi connectivity index (χ3n) is 1.65. The minimum Gasteiger partial charge on any atom is -0.494 e. The maximum Gasteiger partial charge on any atom is 0.122 e. The molecule has 0 bridgehead atoms. The van der Waals surface area contributed by atoms with Crippen LogP contribution in [0.25, 0.3) is 0 Å². The molecule has 1 aromatic rings. The Morgan fingerprint density at radius 3 is 2.64 bits per heavy atom. The molecule has 0 spiro atoms. The van der Waals surface area contributed by atoms with Crippen molar-refractivity contribution in [3.63, 3.8) is 0 Å². The fourth-order valence-electron chi connectivity index (χ4n) is 1.15. The highest BCUT2D eigenvalue weighted by molar-refractivity contribution is 5.85. The molecule has 78 valence electrons. The first kappa shape index (κ1) is 12.8. The zero-order valence-corrected chi connectivity index (χ0v) is 8.93. The van der Waals surface area contributed by atoms with E-state index in [2.05, 4.69) is 0 Å². The average Bonchev–Trinajstić information content (AvgIpc) is 2.08. The van der Waals surface area contributed by atoms with Gasteiger partial charge in [-0.1, -0.05) is 18.2 Å². The second-order valence-corrected chi connectivity index (χ2v) is 2.74. The van der Waals surface area contributed by atoms with Gasteiger partial charge in [0.15, 0.2) is 0 Å². The highest BCUT2D eigenvalue weighted by Crippen LogP contribution is 2.17. The van der Waals surface area contributed by atoms with Crippen molar-refractivity contribution in [3.8, 4) is 5.75 Å². The predicted octanol–water partition coefficient (Wildman–Crippen LogP) is 1.99. The summed E-state index contributed by atoms with van der Waals surface area (Å²) in [6, 6.07) is 7.64. The Labute approximate surface area is 90.2 Å². The largest absolute Gasteiger partial charge is 0.494 e. The molecule has 1 rings (SSSR count). The van der Waals surface area contributed by atoms with E-state index < -0.39 is 0 Å². The highest BCUT2D eigenvalue weighted by atomic mass is 35.5. The molecule has 0 radical (unpaired) electrons. The number of halogens is 1. The summed E-state index contributed by atoms with van der Waals surface area (Å²) in [4.78, 5) is 0. The topological polar surface area (TPSA) is 59.1 Å². The Hall–Kier alpha value is -1.22. The predicted molar refractivity (Wildman–Crippen MR) is 60.5 cm³/mol. The van der Waals surface area contributed by atoms with Crippen molar-refractivity contribution in [1.29, 1.82) is 5.41 Å². The van der Waals surface area contributed by atoms with E-state index in [1.54, 1.807) is 0 Å². The molecule has 0 amide bonds. The van der Waals surface area contributed by atoms with Gasteiger partial charge in [-0.3, -0.25) is 5.41 Å². The van der Waals surface area contributed by atoms with E-state index in [0.29, 0.717) is 13.0 Å². The van der Waals surface area contributed by atoms with Gasteiger partial charge >= 0.3 is 0 Å². The molecule has 4 heteroatoms. The number of ether oxygens (including phenoxy) is 1. The van der Waals surface area contributed by atoms with E-state index in [9.17, 15) is 0 Å². The van der Waals surface area contributed by atoms with Crippen molar-refractivity contribution in [2.75, 3.05) is 6.61 Å². The summed E-state index contributed by atoms with van der Waals surface area (Å²) in [5, 5.41) is 7.18. The highest BCUT2D eigenvalue weighted by Gasteiger charge is 2.02. The van der Waals surface area contributed by atoms with Crippen LogP contribution in [-0.4, -0.2) is 12.4 Å². The Balaban J connectivity index is 0.00000169. The van der Waals surface area contributed by atoms with E-state index in [1.165, 1.54) is 0 Å². The number of hydrogen-bond donors (Lipinski definition) is 2. The van der Waals surface area contributed by atoms with Crippen LogP contribution in [0.5, 0.6) is 5.75 Å². The molecule has 0 unspecified atom stereocenters. The first-order valence-corrected chi connectivity index (χ1v) is 4.27. The number of nitrogens with one attached hydrogen (secondary N) is 1. The van der Waals surface area contributed by atoms with Gasteiger partial charge in [-0.05, 0) is 13.0 Å². The zero-order chi connectivity index (χ0) is 9.68. The monoisotopic (exact) mass is 214 g/mol. The van der Waals surface area contributed by atoms with E-state index in [1.807, 2.05) is 31.2 Å². The quantitative estimate of drug-likeness (QED) is 0.595. The summed E-state index contributed by atoms with van der Waals surface area (Å²) < 4.78 is 5.39. The Kier molecular flexibility index (Phi) is 5.72. The van der Waals surface area contributed by atoms with Crippen molar-refractivity contribution >= 4 is 18.2 Å². The Morgan fingerprint density at radius 2 is 2.07 bits per heavy atom. The van der Waals surface area contributed by atoms with Crippen molar-refractivity contribution in [1.82, 2.24) is 0 Å². The summed E-state index contributed by atoms with van der Waals surface area (Å²) in [5.74, 6) is 0.979. The number of nitrogens with two attached hydrogens (primary N) is 1. The molecule has 0 saturated heterocycles. The molecule has 0 fully saturated rings. The van der Waals surface area contributed by atoms with Crippen LogP contribution in [-0.2, 0) is 6.42 Å². The lowest BCUT2D eigenvalue weighted by Gasteiger charge is -2.08. The van der Waals surface area contributed by atoms with Gasteiger partial charge in [-0.15, -0.1) is 12.4 Å². The molecule has 0 heterocycles. The summed E-state index contributed by atoms with van der Waals surface area (Å²) in [6.45, 7) is 2.57. The fraction of sp³-hybridized carbons (Fsp3) is 0.300. The van der Waals surface area contributed by atoms with E-state index in [0.717, 1.165) is 11.3 Å². The van der Waals surface area contributed by atoms with Gasteiger partial charge < -0.3 is 10.5 Å². The maximum absolute atomic E-state index is 7.18. The molecule has 0 aromatic heterocycles. The lowest BCUT2D eigenvalue weighted by Crippen LogP contribution is -2.13. The van der Waals surface area contributed by atoms with Crippen molar-refractivity contribution < 1.29 is 4.74 Å². The minimum absolute atomic E-state index is 0. The number of para-hydroxylation sites is 1. The van der Waals surface area contributed by atoms with Gasteiger partial charge in [0, 0.05) is 12.0 Å². The van der Waals surface area contributed by atoms with Crippen molar-refractivity contribution in [3.05, 3.63) is 29.8 Å². The van der Waals surface area contributed by atoms with Gasteiger partial charge in [0.05, 0.1) is 12.4 Å². The summed E-state index contributed by atoms with van der Waals surface area (Å²) >= 11 is 0. The molecular formula is C10H15ClN2O. The van der Waals surface area contributed by atoms with Crippen LogP contribution >= 0.6 is 12.4 Å². The number of amidine groups is 1. The molecule has 0 aliphatic rings. The minimum atomic E-state index is 0. The van der Waals surface area contributed by atoms with E-state index in [-0.39, 0.29) is 18.2 Å². The van der Waals surface area contributed by atoms with Gasteiger partial charge in [-0.2, -0.15) is 0 Å². The SMILES string of the molecule is CCOc1ccccc1CC(=N)N.Cl. The summed E-state index contributed by atoms with van der Waals surface area (Å²) in [7, 11) is 0. The maximum atomic E-state index is 7.18. The third kappa shape index (κ3) is 3.66. The molecule has 0 aliphatic carbocycles. The van der Waals surface area contributed by atoms with E-state index in [4.69, 9.17) is 15.9 Å². The number of rotatable bonds is 4. The van der Waals surface area contributed by atoms with Crippen LogP contribution in [0.15, 0.2) is 24.3 Å². The smallest absolute Gasteiger partial charge is 0.122 e. The van der Waals surface area contributed by atoms with Crippen LogP contribution in [0.4, 0.5) is 0 Å². The van der Waals surface area contributed by atoms with Gasteiger partial charge in [0.25, 0.3) is 0 Å². The first-order valence-electron chi connectivity index (χ1n) is 4.27. The molecular weight excluding hydrogens is 200 g/mol. The van der Waals surface area contributed by atoms with Crippen molar-refractivity contribution in [2.45, 2.75) is 13.3 Å². The molecule has 1 aromatic carbocycles. The van der Waals surface area contributed by atoms with E-state index >= 15 is 0 Å². The first-order chi connectivity index (χ1) is 6.24. The molecule has 0 atom stereocenters. The normalized spacial score (nSPS) is 8.93. The molecule has 14 heavy (non-hydrogen) atoms. The molecule has 3 nitrogen and oxygen atoms in total. The Bertz CT molecular complexity index is 302. The second kappa shape index (κ2) is 6.27. The van der Waals surface area contributed by atoms with Crippen LogP contribution < -0.4 is 10.5 Å². The molecule has 3 N–H and O–H groups in total. The van der Waals surface area contributed by atoms with Gasteiger partial charge in [0.2, 0.25) is 0 Å². The fourth-order valence-corrected chi connectivity index (χ4v) is 1.15. The van der Waals surface area contributed by atoms with Crippen LogP contribution in [0.2, 0.25) is 0 Å². The molecule has 0 aliphatic heterocycles.